The Balaban J connectivity index is 1.83. The van der Waals surface area contributed by atoms with Crippen molar-refractivity contribution in [3.8, 4) is 10.6 Å². The lowest BCUT2D eigenvalue weighted by molar-refractivity contribution is -0.115. The largest absolute Gasteiger partial charge is 0.322 e. The molecule has 3 heterocycles. The van der Waals surface area contributed by atoms with Crippen molar-refractivity contribution in [2.75, 3.05) is 5.32 Å². The van der Waals surface area contributed by atoms with Crippen LogP contribution in [0, 0.1) is 0 Å². The van der Waals surface area contributed by atoms with Crippen LogP contribution in [0.25, 0.3) is 10.6 Å². The second-order valence-corrected chi connectivity index (χ2v) is 6.54. The second-order valence-electron chi connectivity index (χ2n) is 4.56. The van der Waals surface area contributed by atoms with Gasteiger partial charge in [-0.15, -0.1) is 22.7 Å². The molecule has 0 spiro atoms. The summed E-state index contributed by atoms with van der Waals surface area (Å²) in [4.78, 5) is 14.3. The number of hydrogen-bond donors (Lipinski definition) is 2. The van der Waals surface area contributed by atoms with Gasteiger partial charge in [-0.05, 0) is 29.3 Å². The average molecular weight is 317 g/mol. The summed E-state index contributed by atoms with van der Waals surface area (Å²) in [6, 6.07) is 7.92. The lowest BCUT2D eigenvalue weighted by atomic mass is 10.2. The molecule has 0 saturated carbocycles. The van der Waals surface area contributed by atoms with Crippen molar-refractivity contribution in [3.05, 3.63) is 45.6 Å². The number of hydrogen-bond acceptors (Lipinski definition) is 4. The zero-order chi connectivity index (χ0) is 14.7. The quantitative estimate of drug-likeness (QED) is 0.749. The summed E-state index contributed by atoms with van der Waals surface area (Å²) in [6.07, 6.45) is 1.20. The Morgan fingerprint density at radius 2 is 2.10 bits per heavy atom. The van der Waals surface area contributed by atoms with Gasteiger partial charge in [-0.3, -0.25) is 9.89 Å². The van der Waals surface area contributed by atoms with Crippen molar-refractivity contribution in [2.24, 2.45) is 0 Å². The van der Waals surface area contributed by atoms with E-state index in [2.05, 4.69) is 15.5 Å². The van der Waals surface area contributed by atoms with Crippen LogP contribution in [0.3, 0.4) is 0 Å². The summed E-state index contributed by atoms with van der Waals surface area (Å²) < 4.78 is 0. The van der Waals surface area contributed by atoms with E-state index in [1.54, 1.807) is 22.7 Å². The van der Waals surface area contributed by atoms with E-state index in [0.29, 0.717) is 6.42 Å². The van der Waals surface area contributed by atoms with Crippen LogP contribution < -0.4 is 5.32 Å². The number of nitrogens with one attached hydrogen (secondary N) is 2. The molecule has 0 radical (unpaired) electrons. The predicted molar refractivity (Wildman–Crippen MR) is 87.9 cm³/mol. The van der Waals surface area contributed by atoms with Crippen molar-refractivity contribution >= 4 is 34.3 Å². The van der Waals surface area contributed by atoms with Crippen molar-refractivity contribution in [2.45, 2.75) is 19.8 Å². The van der Waals surface area contributed by atoms with Gasteiger partial charge < -0.3 is 5.32 Å². The van der Waals surface area contributed by atoms with Gasteiger partial charge in [0, 0.05) is 4.88 Å². The van der Waals surface area contributed by atoms with Crippen molar-refractivity contribution in [3.63, 3.8) is 0 Å². The van der Waals surface area contributed by atoms with Gasteiger partial charge in [-0.2, -0.15) is 5.10 Å². The average Bonchev–Trinajstić information content (AvgIpc) is 3.18. The number of thiophene rings is 2. The lowest BCUT2D eigenvalue weighted by Crippen LogP contribution is -2.15. The van der Waals surface area contributed by atoms with E-state index in [-0.39, 0.29) is 5.91 Å². The van der Waals surface area contributed by atoms with Crippen LogP contribution in [0.1, 0.15) is 17.5 Å². The molecule has 0 aliphatic rings. The minimum absolute atomic E-state index is 0.00800. The molecular formula is C15H15N3OS2. The number of carbonyl (C=O) groups excluding carboxylic acids is 1. The van der Waals surface area contributed by atoms with Crippen LogP contribution in [0.15, 0.2) is 35.0 Å². The molecule has 4 nitrogen and oxygen atoms in total. The first-order valence-corrected chi connectivity index (χ1v) is 8.47. The fourth-order valence-electron chi connectivity index (χ4n) is 2.12. The third-order valence-electron chi connectivity index (χ3n) is 3.13. The third-order valence-corrected chi connectivity index (χ3v) is 4.88. The number of aromatic amines is 1. The Hall–Kier alpha value is -1.92. The standard InChI is InChI=1S/C15H15N3OS2/c1-2-11-14(15(18-17-11)12-6-4-8-21-12)16-13(19)9-10-5-3-7-20-10/h3-8H,2,9H2,1H3,(H,16,19)(H,17,18). The number of rotatable bonds is 5. The maximum Gasteiger partial charge on any atom is 0.229 e. The summed E-state index contributed by atoms with van der Waals surface area (Å²) in [5.74, 6) is -0.00800. The van der Waals surface area contributed by atoms with Crippen LogP contribution in [0.5, 0.6) is 0 Å². The summed E-state index contributed by atoms with van der Waals surface area (Å²) >= 11 is 3.21. The number of nitrogens with zero attached hydrogens (tertiary/aromatic N) is 1. The minimum Gasteiger partial charge on any atom is -0.322 e. The number of aromatic nitrogens is 2. The molecule has 3 aromatic heterocycles. The predicted octanol–water partition coefficient (Wildman–Crippen LogP) is 3.94. The van der Waals surface area contributed by atoms with Gasteiger partial charge >= 0.3 is 0 Å². The van der Waals surface area contributed by atoms with Gasteiger partial charge in [0.2, 0.25) is 5.91 Å². The first-order valence-electron chi connectivity index (χ1n) is 6.71. The monoisotopic (exact) mass is 317 g/mol. The van der Waals surface area contributed by atoms with E-state index in [0.717, 1.165) is 33.3 Å². The Labute approximate surface area is 130 Å². The summed E-state index contributed by atoms with van der Waals surface area (Å²) in [6.45, 7) is 2.04. The molecule has 2 N–H and O–H groups in total. The van der Waals surface area contributed by atoms with Gasteiger partial charge in [0.25, 0.3) is 0 Å². The highest BCUT2D eigenvalue weighted by molar-refractivity contribution is 7.13. The van der Waals surface area contributed by atoms with E-state index in [1.165, 1.54) is 0 Å². The zero-order valence-electron chi connectivity index (χ0n) is 11.6. The Kier molecular flexibility index (Phi) is 4.17. The summed E-state index contributed by atoms with van der Waals surface area (Å²) in [5.41, 5.74) is 2.58. The molecule has 21 heavy (non-hydrogen) atoms. The van der Waals surface area contributed by atoms with Gasteiger partial charge in [0.05, 0.1) is 22.7 Å². The topological polar surface area (TPSA) is 57.8 Å². The highest BCUT2D eigenvalue weighted by Crippen LogP contribution is 2.32. The molecule has 0 aliphatic heterocycles. The highest BCUT2D eigenvalue weighted by Gasteiger charge is 2.17. The van der Waals surface area contributed by atoms with Gasteiger partial charge in [0.1, 0.15) is 5.69 Å². The fourth-order valence-corrected chi connectivity index (χ4v) is 3.54. The number of aryl methyl sites for hydroxylation is 1. The number of anilines is 1. The summed E-state index contributed by atoms with van der Waals surface area (Å²) in [5, 5.41) is 14.4. The van der Waals surface area contributed by atoms with Crippen molar-refractivity contribution in [1.29, 1.82) is 0 Å². The van der Waals surface area contributed by atoms with Gasteiger partial charge in [-0.1, -0.05) is 19.1 Å². The lowest BCUT2D eigenvalue weighted by Gasteiger charge is -2.06. The molecule has 3 rings (SSSR count). The Morgan fingerprint density at radius 3 is 2.76 bits per heavy atom. The van der Waals surface area contributed by atoms with E-state index in [1.807, 2.05) is 41.9 Å². The van der Waals surface area contributed by atoms with Gasteiger partial charge in [-0.25, -0.2) is 0 Å². The number of H-pyrrole nitrogens is 1. The molecule has 0 saturated heterocycles. The van der Waals surface area contributed by atoms with Crippen molar-refractivity contribution in [1.82, 2.24) is 10.2 Å². The van der Waals surface area contributed by atoms with Crippen LogP contribution in [-0.4, -0.2) is 16.1 Å². The van der Waals surface area contributed by atoms with Crippen LogP contribution in [0.4, 0.5) is 5.69 Å². The van der Waals surface area contributed by atoms with Crippen LogP contribution >= 0.6 is 22.7 Å². The fraction of sp³-hybridized carbons (Fsp3) is 0.200. The Morgan fingerprint density at radius 1 is 1.29 bits per heavy atom. The normalized spacial score (nSPS) is 10.7. The molecule has 0 aliphatic carbocycles. The minimum atomic E-state index is -0.00800. The number of amides is 1. The maximum absolute atomic E-state index is 12.2. The second kappa shape index (κ2) is 6.24. The molecule has 0 atom stereocenters. The molecule has 0 bridgehead atoms. The smallest absolute Gasteiger partial charge is 0.229 e. The SMILES string of the molecule is CCc1[nH]nc(-c2cccs2)c1NC(=O)Cc1cccs1. The summed E-state index contributed by atoms with van der Waals surface area (Å²) in [7, 11) is 0. The maximum atomic E-state index is 12.2. The highest BCUT2D eigenvalue weighted by atomic mass is 32.1. The molecule has 0 unspecified atom stereocenters. The third kappa shape index (κ3) is 3.06. The molecule has 0 aromatic carbocycles. The first kappa shape index (κ1) is 14.0. The number of carbonyl (C=O) groups is 1. The molecule has 108 valence electrons. The molecule has 6 heteroatoms. The van der Waals surface area contributed by atoms with Crippen LogP contribution in [0.2, 0.25) is 0 Å². The molecule has 3 aromatic rings. The van der Waals surface area contributed by atoms with E-state index in [9.17, 15) is 4.79 Å². The van der Waals surface area contributed by atoms with E-state index >= 15 is 0 Å². The first-order chi connectivity index (χ1) is 10.3. The molecule has 0 fully saturated rings. The van der Waals surface area contributed by atoms with E-state index < -0.39 is 0 Å². The van der Waals surface area contributed by atoms with Crippen molar-refractivity contribution < 1.29 is 4.79 Å². The Bertz CT molecular complexity index is 714. The van der Waals surface area contributed by atoms with Crippen LogP contribution in [-0.2, 0) is 17.6 Å². The van der Waals surface area contributed by atoms with E-state index in [4.69, 9.17) is 0 Å². The molecular weight excluding hydrogens is 302 g/mol. The molecule has 1 amide bonds. The zero-order valence-corrected chi connectivity index (χ0v) is 13.2. The van der Waals surface area contributed by atoms with Gasteiger partial charge in [0.15, 0.2) is 0 Å².